The van der Waals surface area contributed by atoms with Crippen LogP contribution in [0.25, 0.3) is 0 Å². The van der Waals surface area contributed by atoms with Gasteiger partial charge in [-0.3, -0.25) is 0 Å². The Labute approximate surface area is 109 Å². The summed E-state index contributed by atoms with van der Waals surface area (Å²) in [6.07, 6.45) is 0. The number of methoxy groups -OCH3 is 1. The highest BCUT2D eigenvalue weighted by Gasteiger charge is 2.04. The highest BCUT2D eigenvalue weighted by molar-refractivity contribution is 5.33. The predicted molar refractivity (Wildman–Crippen MR) is 70.3 cm³/mol. The van der Waals surface area contributed by atoms with Crippen molar-refractivity contribution in [3.05, 3.63) is 29.8 Å². The van der Waals surface area contributed by atoms with Gasteiger partial charge in [0.05, 0.1) is 0 Å². The van der Waals surface area contributed by atoms with Crippen molar-refractivity contribution in [1.29, 1.82) is 5.26 Å². The van der Waals surface area contributed by atoms with Crippen LogP contribution in [0.15, 0.2) is 24.3 Å². The Kier molecular flexibility index (Phi) is 6.85. The number of nitriles is 1. The van der Waals surface area contributed by atoms with Gasteiger partial charge in [0, 0.05) is 32.4 Å². The van der Waals surface area contributed by atoms with Crippen LogP contribution in [0.4, 0.5) is 0 Å². The fourth-order valence-corrected chi connectivity index (χ4v) is 1.70. The Morgan fingerprint density at radius 3 is 2.89 bits per heavy atom. The maximum absolute atomic E-state index is 8.52. The molecule has 0 aliphatic heterocycles. The molecule has 1 aromatic carbocycles. The van der Waals surface area contributed by atoms with E-state index in [2.05, 4.69) is 12.2 Å². The lowest BCUT2D eigenvalue weighted by atomic mass is 10.1. The highest BCUT2D eigenvalue weighted by Crippen LogP contribution is 2.17. The Hall–Kier alpha value is -1.57. The monoisotopic (exact) mass is 248 g/mol. The molecule has 0 amide bonds. The van der Waals surface area contributed by atoms with E-state index in [-0.39, 0.29) is 6.61 Å². The molecule has 0 heterocycles. The summed E-state index contributed by atoms with van der Waals surface area (Å²) in [6, 6.07) is 9.73. The Balaban J connectivity index is 2.43. The summed E-state index contributed by atoms with van der Waals surface area (Å²) in [7, 11) is 1.71. The minimum absolute atomic E-state index is 0.0804. The zero-order chi connectivity index (χ0) is 13.2. The first-order chi connectivity index (χ1) is 8.77. The zero-order valence-electron chi connectivity index (χ0n) is 11.0. The fraction of sp³-hybridized carbons (Fsp3) is 0.500. The fourth-order valence-electron chi connectivity index (χ4n) is 1.70. The molecule has 0 radical (unpaired) electrons. The molecule has 1 unspecified atom stereocenters. The van der Waals surface area contributed by atoms with E-state index >= 15 is 0 Å². The van der Waals surface area contributed by atoms with Gasteiger partial charge >= 0.3 is 0 Å². The SMILES string of the molecule is COCC(C)CNCc1ccccc1OCC#N. The third kappa shape index (κ3) is 5.17. The molecule has 1 atom stereocenters. The summed E-state index contributed by atoms with van der Waals surface area (Å²) in [5.74, 6) is 1.24. The molecule has 0 saturated carbocycles. The van der Waals surface area contributed by atoms with Crippen LogP contribution in [0.5, 0.6) is 5.75 Å². The second kappa shape index (κ2) is 8.51. The lowest BCUT2D eigenvalue weighted by molar-refractivity contribution is 0.158. The number of nitrogens with one attached hydrogen (secondary N) is 1. The first-order valence-electron chi connectivity index (χ1n) is 6.05. The van der Waals surface area contributed by atoms with E-state index in [1.165, 1.54) is 0 Å². The molecule has 4 nitrogen and oxygen atoms in total. The number of hydrogen-bond donors (Lipinski definition) is 1. The molecule has 0 aliphatic carbocycles. The number of benzene rings is 1. The van der Waals surface area contributed by atoms with Crippen LogP contribution < -0.4 is 10.1 Å². The first kappa shape index (κ1) is 14.5. The number of hydrogen-bond acceptors (Lipinski definition) is 4. The summed E-state index contributed by atoms with van der Waals surface area (Å²) in [4.78, 5) is 0. The second-order valence-corrected chi connectivity index (χ2v) is 4.25. The minimum atomic E-state index is 0.0804. The Morgan fingerprint density at radius 2 is 2.17 bits per heavy atom. The van der Waals surface area contributed by atoms with Gasteiger partial charge in [0.1, 0.15) is 11.8 Å². The number of para-hydroxylation sites is 1. The highest BCUT2D eigenvalue weighted by atomic mass is 16.5. The summed E-state index contributed by atoms with van der Waals surface area (Å²) < 4.78 is 10.4. The van der Waals surface area contributed by atoms with Crippen LogP contribution in [0.3, 0.4) is 0 Å². The molecule has 1 N–H and O–H groups in total. The van der Waals surface area contributed by atoms with Gasteiger partial charge in [-0.25, -0.2) is 0 Å². The van der Waals surface area contributed by atoms with Crippen LogP contribution in [0.2, 0.25) is 0 Å². The van der Waals surface area contributed by atoms with Crippen LogP contribution in [0, 0.1) is 17.2 Å². The lowest BCUT2D eigenvalue weighted by Gasteiger charge is -2.13. The Bertz CT molecular complexity index is 388. The molecule has 1 rings (SSSR count). The van der Waals surface area contributed by atoms with Gasteiger partial charge in [0.2, 0.25) is 0 Å². The van der Waals surface area contributed by atoms with Gasteiger partial charge in [-0.15, -0.1) is 0 Å². The van der Waals surface area contributed by atoms with Gasteiger partial charge < -0.3 is 14.8 Å². The minimum Gasteiger partial charge on any atom is -0.478 e. The zero-order valence-corrected chi connectivity index (χ0v) is 11.0. The van der Waals surface area contributed by atoms with E-state index in [4.69, 9.17) is 14.7 Å². The summed E-state index contributed by atoms with van der Waals surface area (Å²) >= 11 is 0. The standard InChI is InChI=1S/C14H20N2O2/c1-12(11-17-2)9-16-10-13-5-3-4-6-14(13)18-8-7-15/h3-6,12,16H,8-11H2,1-2H3. The van der Waals surface area contributed by atoms with Crippen molar-refractivity contribution in [2.24, 2.45) is 5.92 Å². The van der Waals surface area contributed by atoms with E-state index in [0.29, 0.717) is 5.92 Å². The van der Waals surface area contributed by atoms with Gasteiger partial charge in [-0.1, -0.05) is 25.1 Å². The molecular weight excluding hydrogens is 228 g/mol. The first-order valence-corrected chi connectivity index (χ1v) is 6.05. The third-order valence-corrected chi connectivity index (χ3v) is 2.52. The maximum atomic E-state index is 8.52. The van der Waals surface area contributed by atoms with Gasteiger partial charge in [-0.2, -0.15) is 5.26 Å². The van der Waals surface area contributed by atoms with Crippen molar-refractivity contribution in [2.75, 3.05) is 26.9 Å². The molecule has 0 saturated heterocycles. The molecule has 1 aromatic rings. The lowest BCUT2D eigenvalue weighted by Crippen LogP contribution is -2.23. The topological polar surface area (TPSA) is 54.3 Å². The van der Waals surface area contributed by atoms with Crippen LogP contribution in [-0.2, 0) is 11.3 Å². The van der Waals surface area contributed by atoms with E-state index in [9.17, 15) is 0 Å². The number of nitrogens with zero attached hydrogens (tertiary/aromatic N) is 1. The Morgan fingerprint density at radius 1 is 1.39 bits per heavy atom. The summed E-state index contributed by atoms with van der Waals surface area (Å²) in [5.41, 5.74) is 1.07. The van der Waals surface area contributed by atoms with Gasteiger partial charge in [-0.05, 0) is 12.0 Å². The van der Waals surface area contributed by atoms with E-state index in [1.54, 1.807) is 7.11 Å². The molecule has 0 aliphatic rings. The van der Waals surface area contributed by atoms with E-state index in [1.807, 2.05) is 30.3 Å². The van der Waals surface area contributed by atoms with Gasteiger partial charge in [0.25, 0.3) is 0 Å². The average Bonchev–Trinajstić information content (AvgIpc) is 2.38. The van der Waals surface area contributed by atoms with Crippen molar-refractivity contribution in [3.63, 3.8) is 0 Å². The second-order valence-electron chi connectivity index (χ2n) is 4.25. The molecule has 4 heteroatoms. The van der Waals surface area contributed by atoms with Crippen molar-refractivity contribution >= 4 is 0 Å². The van der Waals surface area contributed by atoms with Crippen LogP contribution in [0.1, 0.15) is 12.5 Å². The van der Waals surface area contributed by atoms with Crippen molar-refractivity contribution in [3.8, 4) is 11.8 Å². The molecule has 98 valence electrons. The predicted octanol–water partition coefficient (Wildman–Crippen LogP) is 1.96. The van der Waals surface area contributed by atoms with E-state index < -0.39 is 0 Å². The molecule has 0 bridgehead atoms. The van der Waals surface area contributed by atoms with Gasteiger partial charge in [0.15, 0.2) is 6.61 Å². The van der Waals surface area contributed by atoms with Crippen LogP contribution >= 0.6 is 0 Å². The average molecular weight is 248 g/mol. The normalized spacial score (nSPS) is 11.8. The van der Waals surface area contributed by atoms with Crippen molar-refractivity contribution < 1.29 is 9.47 Å². The molecule has 0 aromatic heterocycles. The molecular formula is C14H20N2O2. The van der Waals surface area contributed by atoms with Crippen molar-refractivity contribution in [1.82, 2.24) is 5.32 Å². The maximum Gasteiger partial charge on any atom is 0.174 e. The summed E-state index contributed by atoms with van der Waals surface area (Å²) in [6.45, 7) is 4.58. The molecule has 0 fully saturated rings. The number of rotatable bonds is 8. The largest absolute Gasteiger partial charge is 0.478 e. The van der Waals surface area contributed by atoms with Crippen LogP contribution in [-0.4, -0.2) is 26.9 Å². The molecule has 0 spiro atoms. The smallest absolute Gasteiger partial charge is 0.174 e. The number of ether oxygens (including phenoxy) is 2. The van der Waals surface area contributed by atoms with Crippen molar-refractivity contribution in [2.45, 2.75) is 13.5 Å². The van der Waals surface area contributed by atoms with E-state index in [0.717, 1.165) is 31.0 Å². The third-order valence-electron chi connectivity index (χ3n) is 2.52. The quantitative estimate of drug-likeness (QED) is 0.764. The summed E-state index contributed by atoms with van der Waals surface area (Å²) in [5, 5.41) is 11.9. The molecule has 18 heavy (non-hydrogen) atoms.